The Kier molecular flexibility index (Phi) is 9.31. The SMILES string of the molecule is C/C=C(/Cl)c1cc(CNC(=O)c2cncc(Cc3ccc(CNC(C)=O)c(F)c3F)c2)ccc1CC. The highest BCUT2D eigenvalue weighted by Gasteiger charge is 2.15. The van der Waals surface area contributed by atoms with Crippen molar-refractivity contribution in [2.24, 2.45) is 0 Å². The van der Waals surface area contributed by atoms with Crippen LogP contribution in [0.1, 0.15) is 64.5 Å². The van der Waals surface area contributed by atoms with Gasteiger partial charge in [-0.1, -0.05) is 48.9 Å². The van der Waals surface area contributed by atoms with Crippen LogP contribution in [-0.4, -0.2) is 16.8 Å². The number of allylic oxidation sites excluding steroid dienone is 1. The monoisotopic (exact) mass is 511 g/mol. The third-order valence-corrected chi connectivity index (χ3v) is 6.16. The molecule has 8 heteroatoms. The summed E-state index contributed by atoms with van der Waals surface area (Å²) in [4.78, 5) is 27.9. The molecule has 0 unspecified atom stereocenters. The Bertz CT molecular complexity index is 1310. The Morgan fingerprint density at radius 3 is 2.33 bits per heavy atom. The maximum atomic E-state index is 14.6. The minimum absolute atomic E-state index is 0.0565. The largest absolute Gasteiger partial charge is 0.352 e. The second-order valence-electron chi connectivity index (χ2n) is 8.34. The van der Waals surface area contributed by atoms with Gasteiger partial charge in [-0.05, 0) is 53.3 Å². The second kappa shape index (κ2) is 12.4. The van der Waals surface area contributed by atoms with Crippen molar-refractivity contribution in [2.45, 2.75) is 46.7 Å². The van der Waals surface area contributed by atoms with Crippen LogP contribution in [0.5, 0.6) is 0 Å². The molecule has 0 aliphatic rings. The highest BCUT2D eigenvalue weighted by Crippen LogP contribution is 2.25. The molecule has 2 amide bonds. The predicted molar refractivity (Wildman–Crippen MR) is 137 cm³/mol. The van der Waals surface area contributed by atoms with E-state index >= 15 is 0 Å². The van der Waals surface area contributed by atoms with Crippen LogP contribution >= 0.6 is 11.6 Å². The molecule has 0 radical (unpaired) electrons. The van der Waals surface area contributed by atoms with Crippen LogP contribution in [-0.2, 0) is 30.7 Å². The molecule has 3 rings (SSSR count). The van der Waals surface area contributed by atoms with Gasteiger partial charge in [-0.3, -0.25) is 14.6 Å². The molecule has 0 aliphatic carbocycles. The number of amides is 2. The number of rotatable bonds is 9. The van der Waals surface area contributed by atoms with Gasteiger partial charge in [0.05, 0.1) is 5.56 Å². The van der Waals surface area contributed by atoms with Crippen molar-refractivity contribution >= 4 is 28.4 Å². The number of nitrogens with zero attached hydrogens (tertiary/aromatic N) is 1. The van der Waals surface area contributed by atoms with Gasteiger partial charge < -0.3 is 10.6 Å². The van der Waals surface area contributed by atoms with Crippen LogP contribution in [0.3, 0.4) is 0 Å². The van der Waals surface area contributed by atoms with Crippen LogP contribution in [0, 0.1) is 11.6 Å². The second-order valence-corrected chi connectivity index (χ2v) is 8.75. The molecule has 0 fully saturated rings. The molecular weight excluding hydrogens is 484 g/mol. The van der Waals surface area contributed by atoms with Gasteiger partial charge >= 0.3 is 0 Å². The molecule has 3 aromatic rings. The molecule has 0 aliphatic heterocycles. The first-order valence-electron chi connectivity index (χ1n) is 11.6. The molecule has 0 atom stereocenters. The summed E-state index contributed by atoms with van der Waals surface area (Å²) in [5.41, 5.74) is 4.02. The summed E-state index contributed by atoms with van der Waals surface area (Å²) in [6.45, 7) is 5.43. The average Bonchev–Trinajstić information content (AvgIpc) is 2.88. The summed E-state index contributed by atoms with van der Waals surface area (Å²) in [5, 5.41) is 5.98. The fourth-order valence-corrected chi connectivity index (χ4v) is 3.93. The highest BCUT2D eigenvalue weighted by atomic mass is 35.5. The Morgan fingerprint density at radius 2 is 1.64 bits per heavy atom. The number of nitrogens with one attached hydrogen (secondary N) is 2. The lowest BCUT2D eigenvalue weighted by atomic mass is 10.0. The molecule has 36 heavy (non-hydrogen) atoms. The predicted octanol–water partition coefficient (Wildman–Crippen LogP) is 5.68. The van der Waals surface area contributed by atoms with E-state index in [1.165, 1.54) is 31.5 Å². The fourth-order valence-electron chi connectivity index (χ4n) is 3.75. The zero-order chi connectivity index (χ0) is 26.2. The maximum Gasteiger partial charge on any atom is 0.253 e. The maximum absolute atomic E-state index is 14.6. The van der Waals surface area contributed by atoms with E-state index in [4.69, 9.17) is 11.6 Å². The summed E-state index contributed by atoms with van der Waals surface area (Å²) in [6, 6.07) is 10.4. The van der Waals surface area contributed by atoms with E-state index in [0.29, 0.717) is 22.7 Å². The number of halogens is 3. The lowest BCUT2D eigenvalue weighted by Gasteiger charge is -2.12. The van der Waals surface area contributed by atoms with E-state index in [9.17, 15) is 18.4 Å². The quantitative estimate of drug-likeness (QED) is 0.388. The summed E-state index contributed by atoms with van der Waals surface area (Å²) in [5.74, 6) is -2.66. The molecule has 1 heterocycles. The summed E-state index contributed by atoms with van der Waals surface area (Å²) in [7, 11) is 0. The number of aromatic nitrogens is 1. The molecule has 0 spiro atoms. The zero-order valence-corrected chi connectivity index (χ0v) is 21.2. The molecule has 2 aromatic carbocycles. The molecule has 0 saturated heterocycles. The third kappa shape index (κ3) is 6.76. The van der Waals surface area contributed by atoms with Gasteiger partial charge in [0.2, 0.25) is 5.91 Å². The highest BCUT2D eigenvalue weighted by molar-refractivity contribution is 6.48. The molecular formula is C28H28ClF2N3O2. The van der Waals surface area contributed by atoms with Crippen molar-refractivity contribution in [1.29, 1.82) is 0 Å². The van der Waals surface area contributed by atoms with Crippen LogP contribution in [0.15, 0.2) is 54.9 Å². The van der Waals surface area contributed by atoms with E-state index in [1.54, 1.807) is 6.07 Å². The van der Waals surface area contributed by atoms with Gasteiger partial charge in [-0.2, -0.15) is 0 Å². The van der Waals surface area contributed by atoms with Crippen molar-refractivity contribution in [2.75, 3.05) is 0 Å². The topological polar surface area (TPSA) is 71.1 Å². The first-order valence-corrected chi connectivity index (χ1v) is 12.0. The number of carbonyl (C=O) groups is 2. The van der Waals surface area contributed by atoms with Crippen LogP contribution in [0.25, 0.3) is 5.03 Å². The molecule has 0 bridgehead atoms. The van der Waals surface area contributed by atoms with Gasteiger partial charge in [0.25, 0.3) is 5.91 Å². The lowest BCUT2D eigenvalue weighted by molar-refractivity contribution is -0.119. The average molecular weight is 512 g/mol. The molecule has 0 saturated carbocycles. The van der Waals surface area contributed by atoms with Crippen LogP contribution in [0.4, 0.5) is 8.78 Å². The standard InChI is InChI=1S/C28H28ClF2N3O2/c1-4-20-7-6-18(12-24(20)25(29)5-2)14-34-28(36)23-11-19(13-32-15-23)10-21-8-9-22(16-33-17(3)35)27(31)26(21)30/h5-9,11-13,15H,4,10,14,16H2,1-3H3,(H,33,35)(H,34,36)/b25-5+. The first kappa shape index (κ1) is 27.0. The fraction of sp³-hybridized carbons (Fsp3) is 0.250. The van der Waals surface area contributed by atoms with E-state index in [-0.39, 0.29) is 35.9 Å². The smallest absolute Gasteiger partial charge is 0.253 e. The Morgan fingerprint density at radius 1 is 0.944 bits per heavy atom. The molecule has 1 aromatic heterocycles. The molecule has 2 N–H and O–H groups in total. The van der Waals surface area contributed by atoms with Gasteiger partial charge in [0.15, 0.2) is 11.6 Å². The van der Waals surface area contributed by atoms with Crippen molar-refractivity contribution in [3.8, 4) is 0 Å². The van der Waals surface area contributed by atoms with Gasteiger partial charge in [0, 0.05) is 49.4 Å². The number of hydrogen-bond acceptors (Lipinski definition) is 3. The Balaban J connectivity index is 1.70. The van der Waals surface area contributed by atoms with E-state index < -0.39 is 11.6 Å². The number of hydrogen-bond donors (Lipinski definition) is 2. The number of pyridine rings is 1. The van der Waals surface area contributed by atoms with Gasteiger partial charge in [-0.15, -0.1) is 0 Å². The number of benzene rings is 2. The van der Waals surface area contributed by atoms with E-state index in [2.05, 4.69) is 22.5 Å². The minimum Gasteiger partial charge on any atom is -0.352 e. The third-order valence-electron chi connectivity index (χ3n) is 5.74. The first-order chi connectivity index (χ1) is 17.2. The van der Waals surface area contributed by atoms with E-state index in [0.717, 1.165) is 23.1 Å². The zero-order valence-electron chi connectivity index (χ0n) is 20.4. The summed E-state index contributed by atoms with van der Waals surface area (Å²) < 4.78 is 29.0. The van der Waals surface area contributed by atoms with Crippen LogP contribution < -0.4 is 10.6 Å². The molecule has 188 valence electrons. The normalized spacial score (nSPS) is 11.3. The van der Waals surface area contributed by atoms with Crippen LogP contribution in [0.2, 0.25) is 0 Å². The molecule has 5 nitrogen and oxygen atoms in total. The van der Waals surface area contributed by atoms with E-state index in [1.807, 2.05) is 31.2 Å². The van der Waals surface area contributed by atoms with Gasteiger partial charge in [0.1, 0.15) is 0 Å². The lowest BCUT2D eigenvalue weighted by Crippen LogP contribution is -2.23. The Hall–Kier alpha value is -3.58. The Labute approximate surface area is 214 Å². The number of carbonyl (C=O) groups excluding carboxylic acids is 2. The van der Waals surface area contributed by atoms with Crippen molar-refractivity contribution < 1.29 is 18.4 Å². The van der Waals surface area contributed by atoms with Crippen molar-refractivity contribution in [3.05, 3.63) is 105 Å². The van der Waals surface area contributed by atoms with Gasteiger partial charge in [-0.25, -0.2) is 8.78 Å². The summed E-state index contributed by atoms with van der Waals surface area (Å²) in [6.07, 6.45) is 5.66. The van der Waals surface area contributed by atoms with Crippen molar-refractivity contribution in [3.63, 3.8) is 0 Å². The number of aryl methyl sites for hydroxylation is 1. The van der Waals surface area contributed by atoms with Crippen molar-refractivity contribution in [1.82, 2.24) is 15.6 Å². The summed E-state index contributed by atoms with van der Waals surface area (Å²) >= 11 is 6.35. The minimum atomic E-state index is -1.01.